The van der Waals surface area contributed by atoms with Crippen molar-refractivity contribution >= 4 is 17.8 Å². The summed E-state index contributed by atoms with van der Waals surface area (Å²) >= 11 is 0. The summed E-state index contributed by atoms with van der Waals surface area (Å²) in [6.45, 7) is 2.35. The molecule has 0 spiro atoms. The number of benzene rings is 1. The number of aromatic nitrogens is 1. The van der Waals surface area contributed by atoms with Crippen LogP contribution in [0, 0.1) is 0 Å². The van der Waals surface area contributed by atoms with Crippen molar-refractivity contribution in [3.05, 3.63) is 66.5 Å². The zero-order valence-electron chi connectivity index (χ0n) is 13.1. The first-order chi connectivity index (χ1) is 11.3. The van der Waals surface area contributed by atoms with E-state index < -0.39 is 0 Å². The highest BCUT2D eigenvalue weighted by Gasteiger charge is 2.28. The van der Waals surface area contributed by atoms with Crippen LogP contribution in [0.4, 0.5) is 10.5 Å². The van der Waals surface area contributed by atoms with E-state index in [1.165, 1.54) is 5.56 Å². The minimum absolute atomic E-state index is 0.100. The van der Waals surface area contributed by atoms with E-state index >= 15 is 0 Å². The molecule has 1 saturated heterocycles. The standard InChI is InChI=1S/C19H21N3O/c23-19-21(15-16-22(19)18-10-12-20-13-11-18)14-6-2-5-9-17-7-3-1-4-8-17/h1,3-5,7-13H,2,6,14-16H2/b9-5+. The first-order valence-electron chi connectivity index (χ1n) is 8.02. The Bertz CT molecular complexity index is 655. The number of anilines is 1. The van der Waals surface area contributed by atoms with Gasteiger partial charge in [0.1, 0.15) is 0 Å². The largest absolute Gasteiger partial charge is 0.324 e. The number of pyridine rings is 1. The Kier molecular flexibility index (Phi) is 5.04. The van der Waals surface area contributed by atoms with E-state index in [4.69, 9.17) is 0 Å². The van der Waals surface area contributed by atoms with E-state index in [1.807, 2.05) is 40.1 Å². The highest BCUT2D eigenvalue weighted by molar-refractivity contribution is 5.93. The summed E-state index contributed by atoms with van der Waals surface area (Å²) in [5.41, 5.74) is 2.14. The highest BCUT2D eigenvalue weighted by Crippen LogP contribution is 2.19. The van der Waals surface area contributed by atoms with Gasteiger partial charge in [-0.15, -0.1) is 0 Å². The fourth-order valence-electron chi connectivity index (χ4n) is 2.74. The maximum atomic E-state index is 12.4. The second-order valence-corrected chi connectivity index (χ2v) is 5.58. The van der Waals surface area contributed by atoms with Gasteiger partial charge in [0.25, 0.3) is 0 Å². The molecule has 0 N–H and O–H groups in total. The third-order valence-electron chi connectivity index (χ3n) is 3.98. The second-order valence-electron chi connectivity index (χ2n) is 5.58. The molecular weight excluding hydrogens is 286 g/mol. The van der Waals surface area contributed by atoms with Gasteiger partial charge in [0.2, 0.25) is 0 Å². The molecule has 4 nitrogen and oxygen atoms in total. The van der Waals surface area contributed by atoms with E-state index in [-0.39, 0.29) is 6.03 Å². The predicted octanol–water partition coefficient (Wildman–Crippen LogP) is 3.82. The lowest BCUT2D eigenvalue weighted by atomic mass is 10.2. The maximum absolute atomic E-state index is 12.4. The topological polar surface area (TPSA) is 36.4 Å². The average Bonchev–Trinajstić information content (AvgIpc) is 2.97. The Balaban J connectivity index is 1.45. The molecule has 0 unspecified atom stereocenters. The summed E-state index contributed by atoms with van der Waals surface area (Å²) in [6.07, 6.45) is 9.72. The molecule has 4 heteroatoms. The van der Waals surface area contributed by atoms with Gasteiger partial charge in [-0.1, -0.05) is 42.5 Å². The van der Waals surface area contributed by atoms with Crippen LogP contribution in [-0.4, -0.2) is 35.5 Å². The van der Waals surface area contributed by atoms with Crippen molar-refractivity contribution < 1.29 is 4.79 Å². The first-order valence-corrected chi connectivity index (χ1v) is 8.02. The lowest BCUT2D eigenvalue weighted by molar-refractivity contribution is 0.220. The van der Waals surface area contributed by atoms with Gasteiger partial charge in [-0.3, -0.25) is 9.88 Å². The smallest absolute Gasteiger partial charge is 0.323 e. The molecule has 0 radical (unpaired) electrons. The van der Waals surface area contributed by atoms with Crippen LogP contribution in [-0.2, 0) is 0 Å². The number of rotatable bonds is 6. The number of urea groups is 1. The molecule has 118 valence electrons. The number of hydrogen-bond acceptors (Lipinski definition) is 2. The molecule has 2 heterocycles. The lowest BCUT2D eigenvalue weighted by Crippen LogP contribution is -2.32. The molecule has 1 aliphatic rings. The molecule has 2 aromatic rings. The van der Waals surface area contributed by atoms with Gasteiger partial charge in [-0.05, 0) is 30.5 Å². The zero-order valence-corrected chi connectivity index (χ0v) is 13.1. The summed E-state index contributed by atoms with van der Waals surface area (Å²) in [7, 11) is 0. The van der Waals surface area contributed by atoms with Gasteiger partial charge >= 0.3 is 6.03 Å². The molecule has 2 amide bonds. The summed E-state index contributed by atoms with van der Waals surface area (Å²) in [4.78, 5) is 20.1. The molecule has 23 heavy (non-hydrogen) atoms. The zero-order chi connectivity index (χ0) is 15.9. The van der Waals surface area contributed by atoms with Crippen LogP contribution in [0.15, 0.2) is 60.9 Å². The normalized spacial score (nSPS) is 14.9. The molecule has 0 aliphatic carbocycles. The van der Waals surface area contributed by atoms with Gasteiger partial charge in [0, 0.05) is 37.7 Å². The summed E-state index contributed by atoms with van der Waals surface area (Å²) in [5.74, 6) is 0. The molecule has 0 saturated carbocycles. The molecule has 3 rings (SSSR count). The van der Waals surface area contributed by atoms with Gasteiger partial charge < -0.3 is 4.90 Å². The number of hydrogen-bond donors (Lipinski definition) is 0. The fourth-order valence-corrected chi connectivity index (χ4v) is 2.74. The van der Waals surface area contributed by atoms with Crippen LogP contribution in [0.5, 0.6) is 0 Å². The molecule has 0 bridgehead atoms. The van der Waals surface area contributed by atoms with Crippen molar-refractivity contribution in [2.75, 3.05) is 24.5 Å². The van der Waals surface area contributed by atoms with E-state index in [0.717, 1.165) is 38.2 Å². The third kappa shape index (κ3) is 3.97. The minimum Gasteiger partial charge on any atom is -0.323 e. The van der Waals surface area contributed by atoms with Gasteiger partial charge in [0.05, 0.1) is 0 Å². The lowest BCUT2D eigenvalue weighted by Gasteiger charge is -2.18. The Labute approximate surface area is 137 Å². The summed E-state index contributed by atoms with van der Waals surface area (Å²) in [5, 5.41) is 0. The highest BCUT2D eigenvalue weighted by atomic mass is 16.2. The summed E-state index contributed by atoms with van der Waals surface area (Å²) in [6, 6.07) is 14.1. The number of unbranched alkanes of at least 4 members (excludes halogenated alkanes) is 1. The quantitative estimate of drug-likeness (QED) is 0.761. The number of carbonyl (C=O) groups excluding carboxylic acids is 1. The Hall–Kier alpha value is -2.62. The van der Waals surface area contributed by atoms with Crippen molar-refractivity contribution in [3.8, 4) is 0 Å². The van der Waals surface area contributed by atoms with Crippen molar-refractivity contribution in [2.45, 2.75) is 12.8 Å². The Morgan fingerprint density at radius 1 is 1.04 bits per heavy atom. The van der Waals surface area contributed by atoms with Crippen LogP contribution in [0.1, 0.15) is 18.4 Å². The number of allylic oxidation sites excluding steroid dienone is 1. The van der Waals surface area contributed by atoms with Crippen LogP contribution in [0.25, 0.3) is 6.08 Å². The summed E-state index contributed by atoms with van der Waals surface area (Å²) < 4.78 is 0. The minimum atomic E-state index is 0.100. The molecule has 1 fully saturated rings. The molecular formula is C19H21N3O. The van der Waals surface area contributed by atoms with Crippen molar-refractivity contribution in [3.63, 3.8) is 0 Å². The fraction of sp³-hybridized carbons (Fsp3) is 0.263. The number of amides is 2. The molecule has 1 aromatic carbocycles. The molecule has 1 aliphatic heterocycles. The first kappa shape index (κ1) is 15.3. The Morgan fingerprint density at radius 3 is 2.61 bits per heavy atom. The van der Waals surface area contributed by atoms with Gasteiger partial charge in [0.15, 0.2) is 0 Å². The maximum Gasteiger partial charge on any atom is 0.324 e. The third-order valence-corrected chi connectivity index (χ3v) is 3.98. The van der Waals surface area contributed by atoms with Crippen molar-refractivity contribution in [1.82, 2.24) is 9.88 Å². The monoisotopic (exact) mass is 307 g/mol. The second kappa shape index (κ2) is 7.58. The van der Waals surface area contributed by atoms with Crippen LogP contribution < -0.4 is 4.90 Å². The predicted molar refractivity (Wildman–Crippen MR) is 93.3 cm³/mol. The average molecular weight is 307 g/mol. The molecule has 0 atom stereocenters. The molecule has 1 aromatic heterocycles. The SMILES string of the molecule is O=C1N(CCC/C=C/c2ccccc2)CCN1c1ccncc1. The van der Waals surface area contributed by atoms with E-state index in [0.29, 0.717) is 0 Å². The van der Waals surface area contributed by atoms with Gasteiger partial charge in [-0.2, -0.15) is 0 Å². The number of nitrogens with zero attached hydrogens (tertiary/aromatic N) is 3. The van der Waals surface area contributed by atoms with Crippen molar-refractivity contribution in [2.24, 2.45) is 0 Å². The van der Waals surface area contributed by atoms with Crippen LogP contribution in [0.3, 0.4) is 0 Å². The number of carbonyl (C=O) groups is 1. The van der Waals surface area contributed by atoms with E-state index in [9.17, 15) is 4.79 Å². The van der Waals surface area contributed by atoms with Crippen LogP contribution in [0.2, 0.25) is 0 Å². The van der Waals surface area contributed by atoms with E-state index in [1.54, 1.807) is 12.4 Å². The van der Waals surface area contributed by atoms with Crippen molar-refractivity contribution in [1.29, 1.82) is 0 Å². The van der Waals surface area contributed by atoms with Gasteiger partial charge in [-0.25, -0.2) is 4.79 Å². The Morgan fingerprint density at radius 2 is 1.83 bits per heavy atom. The van der Waals surface area contributed by atoms with E-state index in [2.05, 4.69) is 29.3 Å². The van der Waals surface area contributed by atoms with Crippen LogP contribution >= 0.6 is 0 Å².